The van der Waals surface area contributed by atoms with Gasteiger partial charge in [-0.25, -0.2) is 0 Å². The largest absolute Gasteiger partial charge is 0.316 e. The van der Waals surface area contributed by atoms with Gasteiger partial charge >= 0.3 is 0 Å². The van der Waals surface area contributed by atoms with Crippen molar-refractivity contribution < 1.29 is 0 Å². The monoisotopic (exact) mass is 238 g/mol. The molecule has 2 aliphatic carbocycles. The van der Waals surface area contributed by atoms with Gasteiger partial charge in [0.1, 0.15) is 0 Å². The van der Waals surface area contributed by atoms with Crippen molar-refractivity contribution in [1.82, 2.24) is 10.2 Å². The highest BCUT2D eigenvalue weighted by molar-refractivity contribution is 4.93. The van der Waals surface area contributed by atoms with E-state index in [1.807, 2.05) is 0 Å². The van der Waals surface area contributed by atoms with Gasteiger partial charge in [-0.05, 0) is 50.6 Å². The minimum Gasteiger partial charge on any atom is -0.316 e. The van der Waals surface area contributed by atoms with Crippen LogP contribution in [0.25, 0.3) is 0 Å². The van der Waals surface area contributed by atoms with Crippen LogP contribution in [0.5, 0.6) is 0 Å². The van der Waals surface area contributed by atoms with Gasteiger partial charge in [0.2, 0.25) is 0 Å². The summed E-state index contributed by atoms with van der Waals surface area (Å²) in [6, 6.07) is 0.908. The van der Waals surface area contributed by atoms with Crippen molar-refractivity contribution in [2.45, 2.75) is 58.4 Å². The molecule has 0 aliphatic heterocycles. The van der Waals surface area contributed by atoms with E-state index < -0.39 is 0 Å². The zero-order valence-corrected chi connectivity index (χ0v) is 12.0. The molecule has 1 N–H and O–H groups in total. The van der Waals surface area contributed by atoms with E-state index in [0.717, 1.165) is 18.5 Å². The van der Waals surface area contributed by atoms with Gasteiger partial charge in [0.05, 0.1) is 0 Å². The number of hydrogen-bond acceptors (Lipinski definition) is 2. The summed E-state index contributed by atoms with van der Waals surface area (Å²) in [7, 11) is 2.34. The first-order valence-electron chi connectivity index (χ1n) is 7.56. The molecule has 100 valence electrons. The summed E-state index contributed by atoms with van der Waals surface area (Å²) in [6.07, 6.45) is 8.61. The molecule has 0 bridgehead atoms. The Hall–Kier alpha value is -0.0800. The number of rotatable bonds is 6. The van der Waals surface area contributed by atoms with E-state index >= 15 is 0 Å². The molecule has 0 radical (unpaired) electrons. The Labute approximate surface area is 107 Å². The molecule has 2 rings (SSSR count). The Bertz CT molecular complexity index is 237. The molecule has 2 heteroatoms. The zero-order chi connectivity index (χ0) is 12.3. The third-order valence-electron chi connectivity index (χ3n) is 4.69. The summed E-state index contributed by atoms with van der Waals surface area (Å²) < 4.78 is 0. The van der Waals surface area contributed by atoms with E-state index in [2.05, 4.69) is 31.1 Å². The van der Waals surface area contributed by atoms with Gasteiger partial charge in [-0.3, -0.25) is 0 Å². The Kier molecular flexibility index (Phi) is 4.48. The minimum absolute atomic E-state index is 0.561. The molecule has 0 aromatic rings. The molecule has 0 saturated heterocycles. The lowest BCUT2D eigenvalue weighted by Crippen LogP contribution is -2.46. The quantitative estimate of drug-likeness (QED) is 0.765. The maximum atomic E-state index is 3.62. The van der Waals surface area contributed by atoms with Crippen LogP contribution in [0.1, 0.15) is 52.4 Å². The number of nitrogens with one attached hydrogen (secondary N) is 1. The minimum atomic E-state index is 0.561. The van der Waals surface area contributed by atoms with Gasteiger partial charge in [-0.1, -0.05) is 26.7 Å². The van der Waals surface area contributed by atoms with E-state index in [-0.39, 0.29) is 0 Å². The summed E-state index contributed by atoms with van der Waals surface area (Å²) >= 11 is 0. The van der Waals surface area contributed by atoms with E-state index in [9.17, 15) is 0 Å². The normalized spacial score (nSPS) is 34.2. The van der Waals surface area contributed by atoms with Crippen LogP contribution in [0.3, 0.4) is 0 Å². The van der Waals surface area contributed by atoms with Gasteiger partial charge in [0.25, 0.3) is 0 Å². The molecule has 0 spiro atoms. The predicted molar refractivity (Wildman–Crippen MR) is 74.3 cm³/mol. The highest BCUT2D eigenvalue weighted by Gasteiger charge is 2.38. The van der Waals surface area contributed by atoms with Gasteiger partial charge in [-0.15, -0.1) is 0 Å². The lowest BCUT2D eigenvalue weighted by molar-refractivity contribution is 0.0892. The molecule has 2 fully saturated rings. The molecule has 2 unspecified atom stereocenters. The molecule has 17 heavy (non-hydrogen) atoms. The third-order valence-corrected chi connectivity index (χ3v) is 4.69. The van der Waals surface area contributed by atoms with E-state index in [0.29, 0.717) is 5.41 Å². The van der Waals surface area contributed by atoms with Gasteiger partial charge in [0.15, 0.2) is 0 Å². The summed E-state index contributed by atoms with van der Waals surface area (Å²) in [5, 5.41) is 3.62. The summed E-state index contributed by atoms with van der Waals surface area (Å²) in [4.78, 5) is 2.63. The first-order chi connectivity index (χ1) is 8.15. The Morgan fingerprint density at radius 2 is 2.06 bits per heavy atom. The Balaban J connectivity index is 1.94. The van der Waals surface area contributed by atoms with Gasteiger partial charge in [-0.2, -0.15) is 0 Å². The van der Waals surface area contributed by atoms with Crippen molar-refractivity contribution in [1.29, 1.82) is 0 Å². The van der Waals surface area contributed by atoms with E-state index in [1.165, 1.54) is 51.6 Å². The number of hydrogen-bond donors (Lipinski definition) is 1. The fourth-order valence-corrected chi connectivity index (χ4v) is 3.69. The van der Waals surface area contributed by atoms with E-state index in [4.69, 9.17) is 0 Å². The van der Waals surface area contributed by atoms with Crippen LogP contribution < -0.4 is 5.32 Å². The fourth-order valence-electron chi connectivity index (χ4n) is 3.69. The molecule has 0 aromatic carbocycles. The average Bonchev–Trinajstić information content (AvgIpc) is 3.10. The molecular weight excluding hydrogens is 208 g/mol. The van der Waals surface area contributed by atoms with Crippen LogP contribution in [0.15, 0.2) is 0 Å². The molecule has 0 amide bonds. The van der Waals surface area contributed by atoms with Crippen LogP contribution >= 0.6 is 0 Å². The first-order valence-corrected chi connectivity index (χ1v) is 7.56. The smallest absolute Gasteiger partial charge is 0.00936 e. The van der Waals surface area contributed by atoms with Crippen LogP contribution in [0, 0.1) is 11.3 Å². The molecular formula is C15H30N2. The van der Waals surface area contributed by atoms with E-state index in [1.54, 1.807) is 0 Å². The molecule has 2 saturated carbocycles. The van der Waals surface area contributed by atoms with Crippen LogP contribution in [0.2, 0.25) is 0 Å². The maximum Gasteiger partial charge on any atom is 0.00936 e. The second-order valence-corrected chi connectivity index (χ2v) is 6.63. The maximum absolute atomic E-state index is 3.62. The van der Waals surface area contributed by atoms with Crippen molar-refractivity contribution in [3.8, 4) is 0 Å². The van der Waals surface area contributed by atoms with Crippen molar-refractivity contribution in [2.75, 3.05) is 26.7 Å². The standard InChI is InChI=1S/C15H30N2/c1-4-16-11-15(9-5-6-13(2)10-15)12-17(3)14-7-8-14/h13-14,16H,4-12H2,1-3H3. The Morgan fingerprint density at radius 3 is 2.65 bits per heavy atom. The number of nitrogens with zero attached hydrogens (tertiary/aromatic N) is 1. The zero-order valence-electron chi connectivity index (χ0n) is 12.0. The van der Waals surface area contributed by atoms with Crippen LogP contribution in [-0.4, -0.2) is 37.6 Å². The molecule has 0 aromatic heterocycles. The van der Waals surface area contributed by atoms with Gasteiger partial charge in [0, 0.05) is 19.1 Å². The van der Waals surface area contributed by atoms with Crippen molar-refractivity contribution >= 4 is 0 Å². The first kappa shape index (κ1) is 13.4. The predicted octanol–water partition coefficient (Wildman–Crippen LogP) is 2.89. The van der Waals surface area contributed by atoms with Crippen molar-refractivity contribution in [3.05, 3.63) is 0 Å². The summed E-state index contributed by atoms with van der Waals surface area (Å²) in [6.45, 7) is 8.32. The molecule has 2 nitrogen and oxygen atoms in total. The fraction of sp³-hybridized carbons (Fsp3) is 1.00. The second kappa shape index (κ2) is 5.71. The molecule has 2 atom stereocenters. The average molecular weight is 238 g/mol. The van der Waals surface area contributed by atoms with Crippen molar-refractivity contribution in [3.63, 3.8) is 0 Å². The lowest BCUT2D eigenvalue weighted by atomic mass is 9.69. The summed E-state index contributed by atoms with van der Waals surface area (Å²) in [5.41, 5.74) is 0.561. The van der Waals surface area contributed by atoms with Gasteiger partial charge < -0.3 is 10.2 Å². The van der Waals surface area contributed by atoms with Crippen molar-refractivity contribution in [2.24, 2.45) is 11.3 Å². The lowest BCUT2D eigenvalue weighted by Gasteiger charge is -2.43. The second-order valence-electron chi connectivity index (χ2n) is 6.63. The SMILES string of the molecule is CCNCC1(CN(C)C2CC2)CCCC(C)C1. The van der Waals surface area contributed by atoms with Crippen LogP contribution in [-0.2, 0) is 0 Å². The molecule has 0 heterocycles. The summed E-state index contributed by atoms with van der Waals surface area (Å²) in [5.74, 6) is 0.926. The topological polar surface area (TPSA) is 15.3 Å². The highest BCUT2D eigenvalue weighted by atomic mass is 15.2. The Morgan fingerprint density at radius 1 is 1.29 bits per heavy atom. The van der Waals surface area contributed by atoms with Crippen LogP contribution in [0.4, 0.5) is 0 Å². The highest BCUT2D eigenvalue weighted by Crippen LogP contribution is 2.41. The molecule has 2 aliphatic rings. The third kappa shape index (κ3) is 3.69.